The molecule has 0 aromatic carbocycles. The Bertz CT molecular complexity index is 593. The molecule has 0 aliphatic rings. The van der Waals surface area contributed by atoms with Crippen molar-refractivity contribution in [3.63, 3.8) is 0 Å². The molecule has 2 aromatic rings. The molecule has 0 aliphatic carbocycles. The van der Waals surface area contributed by atoms with Crippen molar-refractivity contribution in [2.45, 2.75) is 38.0 Å². The van der Waals surface area contributed by atoms with E-state index in [4.69, 9.17) is 4.42 Å². The van der Waals surface area contributed by atoms with Gasteiger partial charge in [-0.2, -0.15) is 0 Å². The molecule has 1 N–H and O–H groups in total. The number of carbonyl (C=O) groups excluding carboxylic acids is 1. The van der Waals surface area contributed by atoms with Crippen LogP contribution in [0.25, 0.3) is 11.5 Å². The Balaban J connectivity index is 1.83. The topological polar surface area (TPSA) is 80.9 Å². The minimum absolute atomic E-state index is 0.0175. The highest BCUT2D eigenvalue weighted by molar-refractivity contribution is 7.99. The Labute approximate surface area is 127 Å². The average molecular weight is 306 g/mol. The van der Waals surface area contributed by atoms with Gasteiger partial charge in [-0.15, -0.1) is 10.2 Å². The molecular formula is C14H18N4O2S. The van der Waals surface area contributed by atoms with Gasteiger partial charge in [0.05, 0.1) is 0 Å². The number of nitrogens with zero attached hydrogens (tertiary/aromatic N) is 3. The number of pyridine rings is 1. The maximum atomic E-state index is 11.7. The molecule has 0 radical (unpaired) electrons. The summed E-state index contributed by atoms with van der Waals surface area (Å²) < 4.78 is 5.53. The van der Waals surface area contributed by atoms with Gasteiger partial charge in [0.1, 0.15) is 0 Å². The Morgan fingerprint density at radius 1 is 1.29 bits per heavy atom. The van der Waals surface area contributed by atoms with Crippen LogP contribution in [-0.2, 0) is 4.79 Å². The minimum Gasteiger partial charge on any atom is -0.411 e. The number of nitrogens with one attached hydrogen (secondary N) is 1. The van der Waals surface area contributed by atoms with E-state index in [9.17, 15) is 4.79 Å². The van der Waals surface area contributed by atoms with E-state index in [1.807, 2.05) is 20.8 Å². The zero-order valence-electron chi connectivity index (χ0n) is 12.3. The lowest BCUT2D eigenvalue weighted by Gasteiger charge is -2.20. The van der Waals surface area contributed by atoms with Gasteiger partial charge in [-0.1, -0.05) is 11.8 Å². The van der Waals surface area contributed by atoms with E-state index in [0.717, 1.165) is 5.56 Å². The number of hydrogen-bond acceptors (Lipinski definition) is 6. The lowest BCUT2D eigenvalue weighted by Crippen LogP contribution is -2.40. The summed E-state index contributed by atoms with van der Waals surface area (Å²) in [6, 6.07) is 3.61. The number of aromatic nitrogens is 3. The maximum Gasteiger partial charge on any atom is 0.276 e. The van der Waals surface area contributed by atoms with Crippen LogP contribution in [0.15, 0.2) is 34.2 Å². The van der Waals surface area contributed by atoms with E-state index >= 15 is 0 Å². The zero-order chi connectivity index (χ0) is 15.3. The van der Waals surface area contributed by atoms with Crippen LogP contribution >= 0.6 is 11.8 Å². The van der Waals surface area contributed by atoms with Crippen LogP contribution in [0.3, 0.4) is 0 Å². The van der Waals surface area contributed by atoms with Crippen LogP contribution in [0.4, 0.5) is 0 Å². The van der Waals surface area contributed by atoms with Gasteiger partial charge in [0, 0.05) is 35.7 Å². The van der Waals surface area contributed by atoms with E-state index in [2.05, 4.69) is 20.5 Å². The van der Waals surface area contributed by atoms with Crippen molar-refractivity contribution >= 4 is 17.7 Å². The molecule has 1 amide bonds. The fraction of sp³-hybridized carbons (Fsp3) is 0.429. The molecule has 2 aromatic heterocycles. The summed E-state index contributed by atoms with van der Waals surface area (Å²) in [5.74, 6) is 1.07. The van der Waals surface area contributed by atoms with Crippen LogP contribution in [0, 0.1) is 0 Å². The third-order valence-corrected chi connectivity index (χ3v) is 3.22. The van der Waals surface area contributed by atoms with Crippen LogP contribution < -0.4 is 5.32 Å². The second-order valence-electron chi connectivity index (χ2n) is 5.51. The molecule has 6 nitrogen and oxygen atoms in total. The second-order valence-corrected chi connectivity index (χ2v) is 6.55. The maximum absolute atomic E-state index is 11.7. The minimum atomic E-state index is -0.208. The fourth-order valence-electron chi connectivity index (χ4n) is 1.59. The monoisotopic (exact) mass is 306 g/mol. The van der Waals surface area contributed by atoms with Crippen LogP contribution in [0.1, 0.15) is 27.2 Å². The largest absolute Gasteiger partial charge is 0.411 e. The fourth-order valence-corrected chi connectivity index (χ4v) is 2.29. The number of rotatable bonds is 5. The average Bonchev–Trinajstić information content (AvgIpc) is 2.86. The summed E-state index contributed by atoms with van der Waals surface area (Å²) in [7, 11) is 0. The van der Waals surface area contributed by atoms with Crippen molar-refractivity contribution in [2.75, 3.05) is 5.75 Å². The zero-order valence-corrected chi connectivity index (χ0v) is 13.1. The first kappa shape index (κ1) is 15.5. The molecule has 0 saturated carbocycles. The molecule has 21 heavy (non-hydrogen) atoms. The second kappa shape index (κ2) is 6.71. The van der Waals surface area contributed by atoms with Gasteiger partial charge in [0.15, 0.2) is 0 Å². The number of thioether (sulfide) groups is 1. The third kappa shape index (κ3) is 5.18. The van der Waals surface area contributed by atoms with Gasteiger partial charge >= 0.3 is 0 Å². The molecule has 2 heterocycles. The Morgan fingerprint density at radius 2 is 2.00 bits per heavy atom. The molecule has 0 atom stereocenters. The first-order valence-electron chi connectivity index (χ1n) is 6.62. The van der Waals surface area contributed by atoms with E-state index in [0.29, 0.717) is 23.3 Å². The lowest BCUT2D eigenvalue weighted by atomic mass is 10.1. The van der Waals surface area contributed by atoms with Crippen molar-refractivity contribution in [2.24, 2.45) is 0 Å². The van der Waals surface area contributed by atoms with Crippen molar-refractivity contribution in [1.82, 2.24) is 20.5 Å². The Hall–Kier alpha value is -1.89. The normalized spacial score (nSPS) is 11.4. The number of carbonyl (C=O) groups is 1. The highest BCUT2D eigenvalue weighted by atomic mass is 32.2. The van der Waals surface area contributed by atoms with Crippen molar-refractivity contribution in [1.29, 1.82) is 0 Å². The summed E-state index contributed by atoms with van der Waals surface area (Å²) >= 11 is 1.37. The molecule has 2 rings (SSSR count). The highest BCUT2D eigenvalue weighted by Gasteiger charge is 2.14. The van der Waals surface area contributed by atoms with Gasteiger partial charge in [-0.05, 0) is 32.9 Å². The number of amides is 1. The predicted octanol–water partition coefficient (Wildman–Crippen LogP) is 2.53. The van der Waals surface area contributed by atoms with Crippen LogP contribution in [0.5, 0.6) is 0 Å². The molecule has 0 bridgehead atoms. The number of hydrogen-bond donors (Lipinski definition) is 1. The standard InChI is InChI=1S/C14H18N4O2S/c1-14(2,3)16-11(19)6-9-21-13-18-17-12(20-13)10-4-7-15-8-5-10/h4-5,7-8H,6,9H2,1-3H3,(H,16,19). The highest BCUT2D eigenvalue weighted by Crippen LogP contribution is 2.22. The summed E-state index contributed by atoms with van der Waals surface area (Å²) in [4.78, 5) is 15.6. The molecule has 0 aliphatic heterocycles. The lowest BCUT2D eigenvalue weighted by molar-refractivity contribution is -0.122. The first-order chi connectivity index (χ1) is 9.94. The molecule has 7 heteroatoms. The molecule has 112 valence electrons. The van der Waals surface area contributed by atoms with Gasteiger partial charge in [-0.25, -0.2) is 0 Å². The first-order valence-corrected chi connectivity index (χ1v) is 7.60. The molecular weight excluding hydrogens is 288 g/mol. The molecule has 0 unspecified atom stereocenters. The quantitative estimate of drug-likeness (QED) is 0.855. The summed E-state index contributed by atoms with van der Waals surface area (Å²) in [5, 5.41) is 11.3. The van der Waals surface area contributed by atoms with Gasteiger partial charge in [-0.3, -0.25) is 9.78 Å². The van der Waals surface area contributed by atoms with E-state index in [-0.39, 0.29) is 11.4 Å². The smallest absolute Gasteiger partial charge is 0.276 e. The predicted molar refractivity (Wildman–Crippen MR) is 80.8 cm³/mol. The third-order valence-electron chi connectivity index (χ3n) is 2.40. The van der Waals surface area contributed by atoms with Gasteiger partial charge < -0.3 is 9.73 Å². The Morgan fingerprint density at radius 3 is 2.67 bits per heavy atom. The van der Waals surface area contributed by atoms with E-state index in [1.165, 1.54) is 11.8 Å². The molecule has 0 saturated heterocycles. The molecule has 0 spiro atoms. The van der Waals surface area contributed by atoms with E-state index in [1.54, 1.807) is 24.5 Å². The van der Waals surface area contributed by atoms with Crippen LogP contribution in [-0.4, -0.2) is 32.4 Å². The summed E-state index contributed by atoms with van der Waals surface area (Å²) in [6.07, 6.45) is 3.75. The summed E-state index contributed by atoms with van der Waals surface area (Å²) in [6.45, 7) is 5.87. The van der Waals surface area contributed by atoms with Crippen molar-refractivity contribution in [3.8, 4) is 11.5 Å². The van der Waals surface area contributed by atoms with E-state index < -0.39 is 0 Å². The van der Waals surface area contributed by atoms with Gasteiger partial charge in [0.25, 0.3) is 5.22 Å². The SMILES string of the molecule is CC(C)(C)NC(=O)CCSc1nnc(-c2ccncc2)o1. The summed E-state index contributed by atoms with van der Waals surface area (Å²) in [5.41, 5.74) is 0.621. The molecule has 0 fully saturated rings. The van der Waals surface area contributed by atoms with Crippen LogP contribution in [0.2, 0.25) is 0 Å². The van der Waals surface area contributed by atoms with Crippen molar-refractivity contribution < 1.29 is 9.21 Å². The Kier molecular flexibility index (Phi) is 4.95. The van der Waals surface area contributed by atoms with Gasteiger partial charge in [0.2, 0.25) is 11.8 Å². The van der Waals surface area contributed by atoms with Crippen molar-refractivity contribution in [3.05, 3.63) is 24.5 Å².